The summed E-state index contributed by atoms with van der Waals surface area (Å²) in [5.74, 6) is 0.729. The minimum Gasteiger partial charge on any atom is -0.497 e. The third-order valence-corrected chi connectivity index (χ3v) is 4.44. The van der Waals surface area contributed by atoms with Crippen LogP contribution < -0.4 is 15.8 Å². The molecule has 0 unspecified atom stereocenters. The molecule has 1 aromatic carbocycles. The van der Waals surface area contributed by atoms with Crippen LogP contribution in [0.5, 0.6) is 5.75 Å². The van der Waals surface area contributed by atoms with E-state index in [9.17, 15) is 10.1 Å². The number of hydrogen-bond donors (Lipinski definition) is 1. The lowest BCUT2D eigenvalue weighted by molar-refractivity contribution is 0.414. The van der Waals surface area contributed by atoms with Crippen molar-refractivity contribution in [2.24, 2.45) is 0 Å². The number of hydrogen-bond acceptors (Lipinski definition) is 5. The normalized spacial score (nSPS) is 10.8. The molecule has 0 amide bonds. The van der Waals surface area contributed by atoms with E-state index >= 15 is 0 Å². The van der Waals surface area contributed by atoms with Gasteiger partial charge in [0.25, 0.3) is 5.56 Å². The molecule has 4 rings (SSSR count). The quantitative estimate of drug-likeness (QED) is 0.568. The van der Waals surface area contributed by atoms with E-state index in [1.807, 2.05) is 30.3 Å². The monoisotopic (exact) mass is 357 g/mol. The maximum atomic E-state index is 12.9. The Kier molecular flexibility index (Phi) is 3.94. The molecule has 0 bridgehead atoms. The van der Waals surface area contributed by atoms with Crippen LogP contribution in [0.1, 0.15) is 11.1 Å². The average Bonchev–Trinajstić information content (AvgIpc) is 2.71. The standard InChI is InChI=1S/C20H15N5O2/c1-27-15-7-5-13(6-8-15)12-25-18(22)14(11-21)10-16-19(25)23-17-4-2-3-9-24(17)20(16)26/h2-10,22H,12H2,1H3. The number of fused-ring (bicyclic) bond motifs is 2. The average molecular weight is 357 g/mol. The molecule has 1 N–H and O–H groups in total. The van der Waals surface area contributed by atoms with Crippen molar-refractivity contribution in [2.45, 2.75) is 6.54 Å². The lowest BCUT2D eigenvalue weighted by Gasteiger charge is -2.13. The Morgan fingerprint density at radius 3 is 2.70 bits per heavy atom. The zero-order chi connectivity index (χ0) is 19.0. The fourth-order valence-electron chi connectivity index (χ4n) is 3.04. The molecule has 0 aliphatic carbocycles. The molecule has 0 radical (unpaired) electrons. The maximum absolute atomic E-state index is 12.9. The molecule has 7 heteroatoms. The molecular weight excluding hydrogens is 342 g/mol. The van der Waals surface area contributed by atoms with Crippen LogP contribution in [-0.2, 0) is 6.54 Å². The van der Waals surface area contributed by atoms with Gasteiger partial charge in [-0.2, -0.15) is 5.26 Å². The first-order chi connectivity index (χ1) is 13.1. The first-order valence-electron chi connectivity index (χ1n) is 8.25. The third kappa shape index (κ3) is 2.73. The molecule has 0 saturated heterocycles. The number of nitriles is 1. The molecule has 132 valence electrons. The van der Waals surface area contributed by atoms with Gasteiger partial charge in [-0.3, -0.25) is 14.6 Å². The molecule has 4 aromatic rings. The number of methoxy groups -OCH3 is 1. The van der Waals surface area contributed by atoms with Gasteiger partial charge in [0.1, 0.15) is 28.6 Å². The second-order valence-electron chi connectivity index (χ2n) is 6.04. The number of nitrogens with one attached hydrogen (secondary N) is 1. The Morgan fingerprint density at radius 1 is 1.22 bits per heavy atom. The maximum Gasteiger partial charge on any atom is 0.267 e. The van der Waals surface area contributed by atoms with Crippen LogP contribution in [0, 0.1) is 16.7 Å². The van der Waals surface area contributed by atoms with E-state index in [4.69, 9.17) is 10.1 Å². The highest BCUT2D eigenvalue weighted by Gasteiger charge is 2.13. The SMILES string of the molecule is COc1ccc(Cn2c(=N)c(C#N)cc3c(=O)n4ccccc4nc32)cc1. The van der Waals surface area contributed by atoms with Crippen LogP contribution >= 0.6 is 0 Å². The van der Waals surface area contributed by atoms with Crippen LogP contribution in [0.25, 0.3) is 16.7 Å². The second kappa shape index (κ2) is 6.42. The van der Waals surface area contributed by atoms with E-state index in [1.165, 1.54) is 10.5 Å². The molecule has 0 saturated carbocycles. The topological polar surface area (TPSA) is 96.2 Å². The zero-order valence-electron chi connectivity index (χ0n) is 14.5. The van der Waals surface area contributed by atoms with Crippen molar-refractivity contribution in [2.75, 3.05) is 7.11 Å². The summed E-state index contributed by atoms with van der Waals surface area (Å²) in [6, 6.07) is 16.1. The molecule has 0 fully saturated rings. The summed E-state index contributed by atoms with van der Waals surface area (Å²) in [7, 11) is 1.60. The number of pyridine rings is 2. The lowest BCUT2D eigenvalue weighted by atomic mass is 10.2. The number of benzene rings is 1. The molecule has 0 spiro atoms. The number of rotatable bonds is 3. The molecule has 0 aliphatic heterocycles. The van der Waals surface area contributed by atoms with Gasteiger partial charge in [0.15, 0.2) is 0 Å². The van der Waals surface area contributed by atoms with Crippen molar-refractivity contribution in [1.82, 2.24) is 14.0 Å². The van der Waals surface area contributed by atoms with Crippen molar-refractivity contribution in [3.63, 3.8) is 0 Å². The Hall–Kier alpha value is -3.92. The van der Waals surface area contributed by atoms with Gasteiger partial charge >= 0.3 is 0 Å². The molecule has 3 aromatic heterocycles. The molecular formula is C20H15N5O2. The Morgan fingerprint density at radius 2 is 2.00 bits per heavy atom. The Balaban J connectivity index is 2.02. The largest absolute Gasteiger partial charge is 0.497 e. The van der Waals surface area contributed by atoms with Gasteiger partial charge in [-0.05, 0) is 35.9 Å². The van der Waals surface area contributed by atoms with Gasteiger partial charge in [-0.25, -0.2) is 4.98 Å². The van der Waals surface area contributed by atoms with Gasteiger partial charge in [-0.15, -0.1) is 0 Å². The highest BCUT2D eigenvalue weighted by molar-refractivity contribution is 5.77. The first kappa shape index (κ1) is 16.5. The predicted molar refractivity (Wildman–Crippen MR) is 99.6 cm³/mol. The first-order valence-corrected chi connectivity index (χ1v) is 8.25. The van der Waals surface area contributed by atoms with Gasteiger partial charge in [0.05, 0.1) is 24.6 Å². The predicted octanol–water partition coefficient (Wildman–Crippen LogP) is 2.06. The Bertz CT molecular complexity index is 1330. The molecule has 27 heavy (non-hydrogen) atoms. The summed E-state index contributed by atoms with van der Waals surface area (Å²) in [5, 5.41) is 18.1. The minimum absolute atomic E-state index is 0.0213. The summed E-state index contributed by atoms with van der Waals surface area (Å²) < 4.78 is 8.19. The van der Waals surface area contributed by atoms with Crippen LogP contribution in [-0.4, -0.2) is 21.1 Å². The number of ether oxygens (including phenoxy) is 1. The third-order valence-electron chi connectivity index (χ3n) is 4.44. The van der Waals surface area contributed by atoms with Crippen molar-refractivity contribution < 1.29 is 4.74 Å². The number of aromatic nitrogens is 3. The zero-order valence-corrected chi connectivity index (χ0v) is 14.5. The van der Waals surface area contributed by atoms with E-state index < -0.39 is 0 Å². The van der Waals surface area contributed by atoms with Crippen LogP contribution in [0.4, 0.5) is 0 Å². The summed E-state index contributed by atoms with van der Waals surface area (Å²) in [6.07, 6.45) is 1.64. The van der Waals surface area contributed by atoms with Crippen molar-refractivity contribution in [3.05, 3.63) is 81.7 Å². The van der Waals surface area contributed by atoms with Crippen molar-refractivity contribution in [3.8, 4) is 11.8 Å². The smallest absolute Gasteiger partial charge is 0.267 e. The van der Waals surface area contributed by atoms with Crippen LogP contribution in [0.3, 0.4) is 0 Å². The summed E-state index contributed by atoms with van der Waals surface area (Å²) in [5.41, 5.74) is 1.66. The van der Waals surface area contributed by atoms with Crippen molar-refractivity contribution in [1.29, 1.82) is 10.7 Å². The number of nitrogens with zero attached hydrogens (tertiary/aromatic N) is 4. The van der Waals surface area contributed by atoms with E-state index in [-0.39, 0.29) is 16.6 Å². The van der Waals surface area contributed by atoms with Gasteiger partial charge < -0.3 is 9.30 Å². The highest BCUT2D eigenvalue weighted by Crippen LogP contribution is 2.15. The minimum atomic E-state index is -0.268. The fourth-order valence-corrected chi connectivity index (χ4v) is 3.04. The second-order valence-corrected chi connectivity index (χ2v) is 6.04. The van der Waals surface area contributed by atoms with Crippen molar-refractivity contribution >= 4 is 16.7 Å². The van der Waals surface area contributed by atoms with Crippen LogP contribution in [0.2, 0.25) is 0 Å². The van der Waals surface area contributed by atoms with E-state index in [1.54, 1.807) is 36.1 Å². The van der Waals surface area contributed by atoms with Gasteiger partial charge in [-0.1, -0.05) is 18.2 Å². The van der Waals surface area contributed by atoms with E-state index in [0.29, 0.717) is 23.2 Å². The fraction of sp³-hybridized carbons (Fsp3) is 0.100. The lowest BCUT2D eigenvalue weighted by Crippen LogP contribution is -2.27. The van der Waals surface area contributed by atoms with E-state index in [2.05, 4.69) is 4.98 Å². The summed E-state index contributed by atoms with van der Waals surface area (Å²) in [6.45, 7) is 0.310. The summed E-state index contributed by atoms with van der Waals surface area (Å²) >= 11 is 0. The van der Waals surface area contributed by atoms with Gasteiger partial charge in [0.2, 0.25) is 0 Å². The van der Waals surface area contributed by atoms with E-state index in [0.717, 1.165) is 11.3 Å². The van der Waals surface area contributed by atoms with Gasteiger partial charge in [0, 0.05) is 6.20 Å². The highest BCUT2D eigenvalue weighted by atomic mass is 16.5. The summed E-state index contributed by atoms with van der Waals surface area (Å²) in [4.78, 5) is 17.5. The molecule has 0 atom stereocenters. The Labute approximate surface area is 153 Å². The molecule has 3 heterocycles. The molecule has 0 aliphatic rings. The van der Waals surface area contributed by atoms with Crippen LogP contribution in [0.15, 0.2) is 59.5 Å². The molecule has 7 nitrogen and oxygen atoms in total.